The summed E-state index contributed by atoms with van der Waals surface area (Å²) in [7, 11) is 3.35. The zero-order chi connectivity index (χ0) is 15.5. The van der Waals surface area contributed by atoms with Crippen LogP contribution in [0.1, 0.15) is 29.5 Å². The van der Waals surface area contributed by atoms with Gasteiger partial charge in [-0.15, -0.1) is 0 Å². The van der Waals surface area contributed by atoms with Gasteiger partial charge >= 0.3 is 0 Å². The third-order valence-electron chi connectivity index (χ3n) is 4.26. The van der Waals surface area contributed by atoms with E-state index < -0.39 is 0 Å². The van der Waals surface area contributed by atoms with E-state index in [0.717, 1.165) is 30.2 Å². The summed E-state index contributed by atoms with van der Waals surface area (Å²) in [6.07, 6.45) is 0.945. The van der Waals surface area contributed by atoms with Crippen LogP contribution in [0.4, 0.5) is 0 Å². The Balaban J connectivity index is 2.04. The maximum absolute atomic E-state index is 5.46. The van der Waals surface area contributed by atoms with Crippen molar-refractivity contribution < 1.29 is 9.47 Å². The second-order valence-corrected chi connectivity index (χ2v) is 5.51. The molecule has 0 amide bonds. The lowest BCUT2D eigenvalue weighted by Gasteiger charge is -2.23. The standard InChI is InChI=1S/C19H21NO2/c1-13(14-7-5-4-6-8-14)19-16-12-18(22-3)17(21-2)11-15(16)9-10-20-19/h4-8,11-13H,9-10H2,1-3H3. The van der Waals surface area contributed by atoms with Crippen LogP contribution in [0.2, 0.25) is 0 Å². The maximum atomic E-state index is 5.46. The zero-order valence-electron chi connectivity index (χ0n) is 13.3. The molecule has 22 heavy (non-hydrogen) atoms. The van der Waals surface area contributed by atoms with Gasteiger partial charge in [-0.2, -0.15) is 0 Å². The van der Waals surface area contributed by atoms with E-state index in [1.54, 1.807) is 14.2 Å². The van der Waals surface area contributed by atoms with E-state index in [1.807, 2.05) is 6.07 Å². The molecule has 1 heterocycles. The topological polar surface area (TPSA) is 30.8 Å². The fourth-order valence-corrected chi connectivity index (χ4v) is 3.02. The third kappa shape index (κ3) is 2.59. The van der Waals surface area contributed by atoms with Crippen LogP contribution in [0.15, 0.2) is 47.5 Å². The fraction of sp³-hybridized carbons (Fsp3) is 0.316. The van der Waals surface area contributed by atoms with Crippen molar-refractivity contribution in [3.63, 3.8) is 0 Å². The van der Waals surface area contributed by atoms with Crippen molar-refractivity contribution in [3.05, 3.63) is 59.2 Å². The van der Waals surface area contributed by atoms with E-state index >= 15 is 0 Å². The van der Waals surface area contributed by atoms with E-state index in [-0.39, 0.29) is 5.92 Å². The predicted octanol–water partition coefficient (Wildman–Crippen LogP) is 3.85. The van der Waals surface area contributed by atoms with E-state index in [1.165, 1.54) is 16.7 Å². The van der Waals surface area contributed by atoms with Crippen LogP contribution in [-0.2, 0) is 6.42 Å². The Labute approximate surface area is 131 Å². The molecule has 0 aliphatic carbocycles. The molecule has 0 aromatic heterocycles. The Bertz CT molecular complexity index is 692. The lowest BCUT2D eigenvalue weighted by Crippen LogP contribution is -2.19. The molecule has 2 aromatic carbocycles. The summed E-state index contributed by atoms with van der Waals surface area (Å²) in [6, 6.07) is 14.6. The summed E-state index contributed by atoms with van der Waals surface area (Å²) >= 11 is 0. The molecule has 0 saturated heterocycles. The second kappa shape index (κ2) is 6.22. The smallest absolute Gasteiger partial charge is 0.161 e. The van der Waals surface area contributed by atoms with E-state index in [2.05, 4.69) is 43.3 Å². The summed E-state index contributed by atoms with van der Waals surface area (Å²) in [5.41, 5.74) is 4.88. The number of hydrogen-bond acceptors (Lipinski definition) is 3. The fourth-order valence-electron chi connectivity index (χ4n) is 3.02. The highest BCUT2D eigenvalue weighted by molar-refractivity contribution is 6.07. The first-order chi connectivity index (χ1) is 10.7. The molecular weight excluding hydrogens is 274 g/mol. The quantitative estimate of drug-likeness (QED) is 0.857. The molecule has 1 aliphatic rings. The molecule has 0 N–H and O–H groups in total. The van der Waals surface area contributed by atoms with Crippen LogP contribution in [0, 0.1) is 0 Å². The summed E-state index contributed by atoms with van der Waals surface area (Å²) in [6.45, 7) is 3.04. The molecule has 114 valence electrons. The molecule has 3 nitrogen and oxygen atoms in total. The lowest BCUT2D eigenvalue weighted by atomic mass is 9.86. The van der Waals surface area contributed by atoms with Gasteiger partial charge in [0, 0.05) is 23.7 Å². The Morgan fingerprint density at radius 2 is 1.68 bits per heavy atom. The van der Waals surface area contributed by atoms with Crippen molar-refractivity contribution >= 4 is 5.71 Å². The van der Waals surface area contributed by atoms with Gasteiger partial charge in [0.05, 0.1) is 14.2 Å². The highest BCUT2D eigenvalue weighted by Gasteiger charge is 2.23. The number of nitrogens with zero attached hydrogens (tertiary/aromatic N) is 1. The van der Waals surface area contributed by atoms with E-state index in [4.69, 9.17) is 14.5 Å². The first-order valence-corrected chi connectivity index (χ1v) is 7.59. The molecule has 0 saturated carbocycles. The summed E-state index contributed by atoms with van der Waals surface area (Å²) in [5, 5.41) is 0. The Kier molecular flexibility index (Phi) is 4.14. The number of benzene rings is 2. The SMILES string of the molecule is COc1cc2c(cc1OC)C(C(C)c1ccccc1)=NCC2. The van der Waals surface area contributed by atoms with Gasteiger partial charge in [0.1, 0.15) is 0 Å². The Hall–Kier alpha value is -2.29. The number of aliphatic imine (C=N–C) groups is 1. The summed E-state index contributed by atoms with van der Waals surface area (Å²) < 4.78 is 10.9. The van der Waals surface area contributed by atoms with Crippen molar-refractivity contribution in [3.8, 4) is 11.5 Å². The summed E-state index contributed by atoms with van der Waals surface area (Å²) in [4.78, 5) is 4.80. The van der Waals surface area contributed by atoms with Crippen molar-refractivity contribution in [1.82, 2.24) is 0 Å². The number of fused-ring (bicyclic) bond motifs is 1. The lowest BCUT2D eigenvalue weighted by molar-refractivity contribution is 0.354. The van der Waals surface area contributed by atoms with Crippen molar-refractivity contribution in [2.24, 2.45) is 4.99 Å². The van der Waals surface area contributed by atoms with Crippen LogP contribution in [0.5, 0.6) is 11.5 Å². The molecule has 1 aliphatic heterocycles. The molecule has 0 spiro atoms. The van der Waals surface area contributed by atoms with Gasteiger partial charge in [-0.05, 0) is 29.7 Å². The minimum absolute atomic E-state index is 0.262. The molecule has 1 atom stereocenters. The van der Waals surface area contributed by atoms with Crippen LogP contribution in [0.25, 0.3) is 0 Å². The minimum atomic E-state index is 0.262. The highest BCUT2D eigenvalue weighted by atomic mass is 16.5. The van der Waals surface area contributed by atoms with Crippen molar-refractivity contribution in [2.45, 2.75) is 19.3 Å². The third-order valence-corrected chi connectivity index (χ3v) is 4.26. The molecular formula is C19H21NO2. The van der Waals surface area contributed by atoms with E-state index in [9.17, 15) is 0 Å². The van der Waals surface area contributed by atoms with Crippen LogP contribution < -0.4 is 9.47 Å². The van der Waals surface area contributed by atoms with Gasteiger partial charge in [-0.25, -0.2) is 0 Å². The van der Waals surface area contributed by atoms with Gasteiger partial charge in [0.15, 0.2) is 11.5 Å². The largest absolute Gasteiger partial charge is 0.493 e. The monoisotopic (exact) mass is 295 g/mol. The second-order valence-electron chi connectivity index (χ2n) is 5.51. The van der Waals surface area contributed by atoms with Crippen LogP contribution in [-0.4, -0.2) is 26.5 Å². The highest BCUT2D eigenvalue weighted by Crippen LogP contribution is 2.35. The molecule has 3 rings (SSSR count). The van der Waals surface area contributed by atoms with Crippen molar-refractivity contribution in [2.75, 3.05) is 20.8 Å². The number of methoxy groups -OCH3 is 2. The van der Waals surface area contributed by atoms with Gasteiger partial charge in [-0.1, -0.05) is 37.3 Å². The average molecular weight is 295 g/mol. The molecule has 0 fully saturated rings. The van der Waals surface area contributed by atoms with Gasteiger partial charge in [0.2, 0.25) is 0 Å². The maximum Gasteiger partial charge on any atom is 0.161 e. The Morgan fingerprint density at radius 3 is 2.36 bits per heavy atom. The van der Waals surface area contributed by atoms with Crippen LogP contribution in [0.3, 0.4) is 0 Å². The minimum Gasteiger partial charge on any atom is -0.493 e. The summed E-state index contributed by atoms with van der Waals surface area (Å²) in [5.74, 6) is 1.81. The molecule has 1 unspecified atom stereocenters. The van der Waals surface area contributed by atoms with E-state index in [0.29, 0.717) is 0 Å². The molecule has 0 radical (unpaired) electrons. The Morgan fingerprint density at radius 1 is 1.00 bits per heavy atom. The number of ether oxygens (including phenoxy) is 2. The zero-order valence-corrected chi connectivity index (χ0v) is 13.3. The molecule has 2 aromatic rings. The predicted molar refractivity (Wildman–Crippen MR) is 89.5 cm³/mol. The molecule has 3 heteroatoms. The van der Waals surface area contributed by atoms with Crippen LogP contribution >= 0.6 is 0 Å². The number of hydrogen-bond donors (Lipinski definition) is 0. The first-order valence-electron chi connectivity index (χ1n) is 7.59. The van der Waals surface area contributed by atoms with Gasteiger partial charge < -0.3 is 9.47 Å². The first kappa shape index (κ1) is 14.6. The number of rotatable bonds is 4. The van der Waals surface area contributed by atoms with Crippen molar-refractivity contribution in [1.29, 1.82) is 0 Å². The normalized spacial score (nSPS) is 14.8. The van der Waals surface area contributed by atoms with Gasteiger partial charge in [0.25, 0.3) is 0 Å². The molecule has 0 bridgehead atoms. The average Bonchev–Trinajstić information content (AvgIpc) is 2.60. The van der Waals surface area contributed by atoms with Gasteiger partial charge in [-0.3, -0.25) is 4.99 Å².